The third-order valence-electron chi connectivity index (χ3n) is 5.75. The zero-order valence-corrected chi connectivity index (χ0v) is 16.1. The van der Waals surface area contributed by atoms with Crippen molar-refractivity contribution >= 4 is 11.7 Å². The molecule has 0 atom stereocenters. The maximum absolute atomic E-state index is 12.4. The molecule has 2 N–H and O–H groups in total. The molecule has 0 unspecified atom stereocenters. The lowest BCUT2D eigenvalue weighted by molar-refractivity contribution is 0.174. The summed E-state index contributed by atoms with van der Waals surface area (Å²) in [6, 6.07) is 15.8. The topological polar surface area (TPSA) is 71.3 Å². The van der Waals surface area contributed by atoms with Gasteiger partial charge in [-0.05, 0) is 36.0 Å². The molecule has 1 aliphatic rings. The van der Waals surface area contributed by atoms with Crippen molar-refractivity contribution in [3.63, 3.8) is 0 Å². The normalized spacial score (nSPS) is 16.0. The summed E-state index contributed by atoms with van der Waals surface area (Å²) in [5.41, 5.74) is 2.01. The van der Waals surface area contributed by atoms with E-state index in [9.17, 15) is 4.79 Å². The highest BCUT2D eigenvalue weighted by molar-refractivity contribution is 5.73. The molecule has 1 fully saturated rings. The first kappa shape index (κ1) is 18.5. The van der Waals surface area contributed by atoms with E-state index in [1.165, 1.54) is 19.3 Å². The van der Waals surface area contributed by atoms with Crippen LogP contribution in [0.2, 0.25) is 0 Å². The number of fused-ring (bicyclic) bond motifs is 1. The van der Waals surface area contributed by atoms with Gasteiger partial charge in [0.25, 0.3) is 0 Å². The molecule has 1 aliphatic carbocycles. The maximum atomic E-state index is 12.4. The second kappa shape index (κ2) is 8.42. The number of hydrogen-bond acceptors (Lipinski definition) is 3. The minimum atomic E-state index is -0.111. The van der Waals surface area contributed by atoms with Crippen molar-refractivity contribution in [3.8, 4) is 0 Å². The Morgan fingerprint density at radius 2 is 1.75 bits per heavy atom. The second-order valence-corrected chi connectivity index (χ2v) is 7.80. The fraction of sp³-hybridized carbons (Fsp3) is 0.409. The second-order valence-electron chi connectivity index (χ2n) is 7.80. The van der Waals surface area contributed by atoms with E-state index in [0.717, 1.165) is 36.3 Å². The first-order valence-electron chi connectivity index (χ1n) is 10.1. The molecule has 6 heteroatoms. The summed E-state index contributed by atoms with van der Waals surface area (Å²) in [6.45, 7) is 1.20. The van der Waals surface area contributed by atoms with Gasteiger partial charge in [-0.15, -0.1) is 10.2 Å². The molecular formula is C22H27N5O. The van der Waals surface area contributed by atoms with Crippen LogP contribution >= 0.6 is 0 Å². The van der Waals surface area contributed by atoms with E-state index in [0.29, 0.717) is 13.1 Å². The van der Waals surface area contributed by atoms with Crippen molar-refractivity contribution in [2.75, 3.05) is 6.54 Å². The van der Waals surface area contributed by atoms with Gasteiger partial charge in [0.05, 0.1) is 0 Å². The monoisotopic (exact) mass is 377 g/mol. The van der Waals surface area contributed by atoms with E-state index in [-0.39, 0.29) is 11.4 Å². The number of carbonyl (C=O) groups excluding carboxylic acids is 1. The van der Waals surface area contributed by atoms with Gasteiger partial charge >= 0.3 is 6.03 Å². The molecule has 6 nitrogen and oxygen atoms in total. The van der Waals surface area contributed by atoms with E-state index < -0.39 is 0 Å². The standard InChI is InChI=1S/C22H27N5O/c28-21(23-16-18-9-3-1-4-10-18)24-17-22(12-6-2-7-13-22)15-20-26-25-19-11-5-8-14-27(19)20/h1,3-5,8-11,14H,2,6-7,12-13,15-17H2,(H2,23,24,28). The van der Waals surface area contributed by atoms with Crippen LogP contribution in [-0.2, 0) is 13.0 Å². The average molecular weight is 377 g/mol. The Bertz CT molecular complexity index is 915. The Balaban J connectivity index is 1.40. The van der Waals surface area contributed by atoms with E-state index >= 15 is 0 Å². The molecule has 4 rings (SSSR count). The number of nitrogens with zero attached hydrogens (tertiary/aromatic N) is 3. The Morgan fingerprint density at radius 3 is 2.57 bits per heavy atom. The largest absolute Gasteiger partial charge is 0.338 e. The number of benzene rings is 1. The number of amides is 2. The highest BCUT2D eigenvalue weighted by Crippen LogP contribution is 2.38. The Morgan fingerprint density at radius 1 is 0.964 bits per heavy atom. The van der Waals surface area contributed by atoms with Crippen LogP contribution in [0.3, 0.4) is 0 Å². The summed E-state index contributed by atoms with van der Waals surface area (Å²) in [5, 5.41) is 14.8. The van der Waals surface area contributed by atoms with E-state index in [1.54, 1.807) is 0 Å². The van der Waals surface area contributed by atoms with Gasteiger partial charge < -0.3 is 10.6 Å². The number of carbonyl (C=O) groups is 1. The summed E-state index contributed by atoms with van der Waals surface area (Å²) in [7, 11) is 0. The van der Waals surface area contributed by atoms with E-state index in [4.69, 9.17) is 0 Å². The van der Waals surface area contributed by atoms with Gasteiger partial charge in [0.1, 0.15) is 5.82 Å². The number of hydrogen-bond donors (Lipinski definition) is 2. The van der Waals surface area contributed by atoms with Gasteiger partial charge in [-0.3, -0.25) is 4.40 Å². The van der Waals surface area contributed by atoms with Crippen molar-refractivity contribution < 1.29 is 4.79 Å². The maximum Gasteiger partial charge on any atom is 0.315 e. The van der Waals surface area contributed by atoms with Crippen molar-refractivity contribution in [2.45, 2.75) is 45.1 Å². The highest BCUT2D eigenvalue weighted by Gasteiger charge is 2.34. The predicted octanol–water partition coefficient (Wildman–Crippen LogP) is 3.72. The summed E-state index contributed by atoms with van der Waals surface area (Å²) in [4.78, 5) is 12.4. The third kappa shape index (κ3) is 4.32. The molecule has 0 aliphatic heterocycles. The number of nitrogens with one attached hydrogen (secondary N) is 2. The van der Waals surface area contributed by atoms with E-state index in [2.05, 4.69) is 25.2 Å². The summed E-state index contributed by atoms with van der Waals surface area (Å²) in [6.07, 6.45) is 8.72. The highest BCUT2D eigenvalue weighted by atomic mass is 16.2. The molecule has 0 radical (unpaired) electrons. The van der Waals surface area contributed by atoms with Crippen molar-refractivity contribution in [2.24, 2.45) is 5.41 Å². The van der Waals surface area contributed by atoms with Crippen molar-refractivity contribution in [1.29, 1.82) is 0 Å². The molecule has 2 heterocycles. The molecular weight excluding hydrogens is 350 g/mol. The Hall–Kier alpha value is -2.89. The quantitative estimate of drug-likeness (QED) is 0.688. The lowest BCUT2D eigenvalue weighted by Gasteiger charge is -2.37. The molecule has 0 bridgehead atoms. The van der Waals surface area contributed by atoms with Crippen LogP contribution in [0.5, 0.6) is 0 Å². The van der Waals surface area contributed by atoms with Gasteiger partial charge in [0.2, 0.25) is 0 Å². The van der Waals surface area contributed by atoms with Crippen LogP contribution in [0.1, 0.15) is 43.5 Å². The van der Waals surface area contributed by atoms with Crippen LogP contribution in [0.15, 0.2) is 54.7 Å². The van der Waals surface area contributed by atoms with Gasteiger partial charge in [0.15, 0.2) is 5.65 Å². The summed E-state index contributed by atoms with van der Waals surface area (Å²) in [5.74, 6) is 0.976. The SMILES string of the molecule is O=C(NCc1ccccc1)NCC1(Cc2nnc3ccccn23)CCCCC1. The van der Waals surface area contributed by atoms with Crippen molar-refractivity contribution in [3.05, 3.63) is 66.1 Å². The van der Waals surface area contributed by atoms with Gasteiger partial charge in [0, 0.05) is 25.7 Å². The van der Waals surface area contributed by atoms with Gasteiger partial charge in [-0.1, -0.05) is 55.7 Å². The first-order chi connectivity index (χ1) is 13.7. The number of pyridine rings is 1. The van der Waals surface area contributed by atoms with Gasteiger partial charge in [-0.2, -0.15) is 0 Å². The number of rotatable bonds is 6. The lowest BCUT2D eigenvalue weighted by atomic mass is 9.71. The molecule has 146 valence electrons. The molecule has 1 saturated carbocycles. The fourth-order valence-corrected chi connectivity index (χ4v) is 4.17. The molecule has 0 spiro atoms. The fourth-order valence-electron chi connectivity index (χ4n) is 4.17. The van der Waals surface area contributed by atoms with Gasteiger partial charge in [-0.25, -0.2) is 4.79 Å². The first-order valence-corrected chi connectivity index (χ1v) is 10.1. The van der Waals surface area contributed by atoms with Crippen LogP contribution in [-0.4, -0.2) is 27.2 Å². The Labute approximate surface area is 165 Å². The average Bonchev–Trinajstić information content (AvgIpc) is 3.15. The smallest absolute Gasteiger partial charge is 0.315 e. The summed E-state index contributed by atoms with van der Waals surface area (Å²) >= 11 is 0. The molecule has 0 saturated heterocycles. The van der Waals surface area contributed by atoms with Crippen LogP contribution in [0, 0.1) is 5.41 Å². The molecule has 2 amide bonds. The lowest BCUT2D eigenvalue weighted by Crippen LogP contribution is -2.44. The molecule has 2 aromatic heterocycles. The molecule has 28 heavy (non-hydrogen) atoms. The Kier molecular flexibility index (Phi) is 5.55. The zero-order chi connectivity index (χ0) is 19.2. The van der Waals surface area contributed by atoms with Crippen LogP contribution in [0.4, 0.5) is 4.79 Å². The number of aromatic nitrogens is 3. The van der Waals surface area contributed by atoms with Crippen molar-refractivity contribution in [1.82, 2.24) is 25.2 Å². The minimum Gasteiger partial charge on any atom is -0.338 e. The molecule has 1 aromatic carbocycles. The van der Waals surface area contributed by atoms with E-state index in [1.807, 2.05) is 54.7 Å². The minimum absolute atomic E-state index is 0.0428. The molecule has 3 aromatic rings. The van der Waals surface area contributed by atoms with Crippen LogP contribution in [0.25, 0.3) is 5.65 Å². The summed E-state index contributed by atoms with van der Waals surface area (Å²) < 4.78 is 2.06. The third-order valence-corrected chi connectivity index (χ3v) is 5.75. The predicted molar refractivity (Wildman–Crippen MR) is 109 cm³/mol. The number of urea groups is 1. The zero-order valence-electron chi connectivity index (χ0n) is 16.1. The van der Waals surface area contributed by atoms with Crippen LogP contribution < -0.4 is 10.6 Å².